The predicted octanol–water partition coefficient (Wildman–Crippen LogP) is 1.45. The number of hydrogen-bond acceptors (Lipinski definition) is 3. The van der Waals surface area contributed by atoms with Crippen molar-refractivity contribution in [2.24, 2.45) is 0 Å². The van der Waals surface area contributed by atoms with Crippen molar-refractivity contribution in [3.05, 3.63) is 0 Å². The molecule has 1 heterocycles. The van der Waals surface area contributed by atoms with E-state index >= 15 is 0 Å². The van der Waals surface area contributed by atoms with Gasteiger partial charge in [0.05, 0.1) is 11.7 Å². The number of aliphatic hydroxyl groups is 1. The zero-order valence-corrected chi connectivity index (χ0v) is 9.67. The molecule has 2 unspecified atom stereocenters. The van der Waals surface area contributed by atoms with Crippen molar-refractivity contribution in [3.8, 4) is 0 Å². The fourth-order valence-electron chi connectivity index (χ4n) is 2.08. The third-order valence-corrected chi connectivity index (χ3v) is 3.38. The van der Waals surface area contributed by atoms with Crippen LogP contribution in [-0.4, -0.2) is 36.0 Å². The van der Waals surface area contributed by atoms with Gasteiger partial charge in [-0.3, -0.25) is 0 Å². The minimum absolute atomic E-state index is 0.400. The lowest BCUT2D eigenvalue weighted by Gasteiger charge is -2.25. The van der Waals surface area contributed by atoms with E-state index in [1.807, 2.05) is 6.92 Å². The molecule has 15 heavy (non-hydrogen) atoms. The van der Waals surface area contributed by atoms with Crippen LogP contribution in [0.5, 0.6) is 0 Å². The molecular formula is C12H23NO2. The molecule has 0 spiro atoms. The van der Waals surface area contributed by atoms with Crippen LogP contribution in [0.2, 0.25) is 0 Å². The molecule has 0 amide bonds. The highest BCUT2D eigenvalue weighted by atomic mass is 16.5. The van der Waals surface area contributed by atoms with Crippen LogP contribution >= 0.6 is 0 Å². The van der Waals surface area contributed by atoms with Gasteiger partial charge in [0.15, 0.2) is 0 Å². The highest BCUT2D eigenvalue weighted by Gasteiger charge is 2.27. The summed E-state index contributed by atoms with van der Waals surface area (Å²) in [4.78, 5) is 0. The summed E-state index contributed by atoms with van der Waals surface area (Å²) in [5.41, 5.74) is -0.561. The zero-order valence-electron chi connectivity index (χ0n) is 9.67. The molecule has 0 radical (unpaired) electrons. The lowest BCUT2D eigenvalue weighted by Crippen LogP contribution is -2.39. The van der Waals surface area contributed by atoms with E-state index in [0.717, 1.165) is 26.0 Å². The number of hydrogen-bond donors (Lipinski definition) is 2. The molecule has 1 saturated heterocycles. The normalized spacial score (nSPS) is 30.4. The maximum Gasteiger partial charge on any atom is 0.0744 e. The van der Waals surface area contributed by atoms with Gasteiger partial charge in [-0.25, -0.2) is 0 Å². The molecule has 2 N–H and O–H groups in total. The van der Waals surface area contributed by atoms with Gasteiger partial charge in [0, 0.05) is 19.2 Å². The molecule has 2 rings (SSSR count). The molecular weight excluding hydrogens is 190 g/mol. The second-order valence-corrected chi connectivity index (χ2v) is 5.33. The Bertz CT molecular complexity index is 196. The van der Waals surface area contributed by atoms with Crippen LogP contribution in [0.25, 0.3) is 0 Å². The Morgan fingerprint density at radius 1 is 1.40 bits per heavy atom. The van der Waals surface area contributed by atoms with Gasteiger partial charge >= 0.3 is 0 Å². The summed E-state index contributed by atoms with van der Waals surface area (Å²) in [6.45, 7) is 3.56. The smallest absolute Gasteiger partial charge is 0.0744 e. The standard InChI is InChI=1S/C12H23NO2/c1-12(14,9-13-10-4-5-10)7-6-11-3-2-8-15-11/h10-11,13-14H,2-9H2,1H3. The Kier molecular flexibility index (Phi) is 3.65. The van der Waals surface area contributed by atoms with E-state index in [4.69, 9.17) is 4.74 Å². The van der Waals surface area contributed by atoms with Gasteiger partial charge in [-0.15, -0.1) is 0 Å². The van der Waals surface area contributed by atoms with E-state index in [-0.39, 0.29) is 0 Å². The Labute approximate surface area is 92.2 Å². The van der Waals surface area contributed by atoms with Crippen molar-refractivity contribution >= 4 is 0 Å². The van der Waals surface area contributed by atoms with Crippen molar-refractivity contribution in [1.29, 1.82) is 0 Å². The second-order valence-electron chi connectivity index (χ2n) is 5.33. The molecule has 0 bridgehead atoms. The van der Waals surface area contributed by atoms with Crippen LogP contribution in [0.3, 0.4) is 0 Å². The molecule has 88 valence electrons. The first kappa shape index (κ1) is 11.4. The second kappa shape index (κ2) is 4.81. The van der Waals surface area contributed by atoms with E-state index in [0.29, 0.717) is 12.1 Å². The Hall–Kier alpha value is -0.120. The SMILES string of the molecule is CC(O)(CCC1CCCO1)CNC1CC1. The molecule has 2 aliphatic rings. The molecule has 3 nitrogen and oxygen atoms in total. The molecule has 1 aliphatic heterocycles. The van der Waals surface area contributed by atoms with Gasteiger partial charge in [-0.1, -0.05) is 0 Å². The van der Waals surface area contributed by atoms with E-state index in [2.05, 4.69) is 5.32 Å². The Morgan fingerprint density at radius 2 is 2.20 bits per heavy atom. The van der Waals surface area contributed by atoms with Crippen molar-refractivity contribution in [2.75, 3.05) is 13.2 Å². The van der Waals surface area contributed by atoms with Crippen LogP contribution in [0, 0.1) is 0 Å². The maximum atomic E-state index is 10.1. The summed E-state index contributed by atoms with van der Waals surface area (Å²) in [5.74, 6) is 0. The fraction of sp³-hybridized carbons (Fsp3) is 1.00. The molecule has 2 atom stereocenters. The first-order valence-electron chi connectivity index (χ1n) is 6.23. The highest BCUT2D eigenvalue weighted by Crippen LogP contribution is 2.23. The average molecular weight is 213 g/mol. The first-order valence-corrected chi connectivity index (χ1v) is 6.23. The first-order chi connectivity index (χ1) is 7.16. The molecule has 3 heteroatoms. The highest BCUT2D eigenvalue weighted by molar-refractivity contribution is 4.86. The van der Waals surface area contributed by atoms with E-state index in [9.17, 15) is 5.11 Å². The van der Waals surface area contributed by atoms with Gasteiger partial charge < -0.3 is 15.2 Å². The largest absolute Gasteiger partial charge is 0.389 e. The third-order valence-electron chi connectivity index (χ3n) is 3.38. The van der Waals surface area contributed by atoms with Crippen molar-refractivity contribution in [2.45, 2.75) is 63.2 Å². The molecule has 2 fully saturated rings. The van der Waals surface area contributed by atoms with Gasteiger partial charge in [0.2, 0.25) is 0 Å². The van der Waals surface area contributed by atoms with Gasteiger partial charge in [0.25, 0.3) is 0 Å². The van der Waals surface area contributed by atoms with Crippen LogP contribution in [0.15, 0.2) is 0 Å². The molecule has 0 aromatic heterocycles. The minimum atomic E-state index is -0.561. The number of nitrogens with one attached hydrogen (secondary N) is 1. The molecule has 0 aromatic carbocycles. The summed E-state index contributed by atoms with van der Waals surface area (Å²) in [6.07, 6.45) is 7.16. The van der Waals surface area contributed by atoms with Crippen LogP contribution in [0.1, 0.15) is 45.4 Å². The summed E-state index contributed by atoms with van der Waals surface area (Å²) in [7, 11) is 0. The summed E-state index contributed by atoms with van der Waals surface area (Å²) >= 11 is 0. The van der Waals surface area contributed by atoms with Gasteiger partial charge in [-0.2, -0.15) is 0 Å². The molecule has 0 aromatic rings. The Morgan fingerprint density at radius 3 is 2.80 bits per heavy atom. The predicted molar refractivity (Wildman–Crippen MR) is 59.9 cm³/mol. The fourth-order valence-corrected chi connectivity index (χ4v) is 2.08. The monoisotopic (exact) mass is 213 g/mol. The van der Waals surface area contributed by atoms with E-state index in [1.165, 1.54) is 25.7 Å². The average Bonchev–Trinajstić information content (AvgIpc) is 2.88. The van der Waals surface area contributed by atoms with E-state index in [1.54, 1.807) is 0 Å². The summed E-state index contributed by atoms with van der Waals surface area (Å²) in [6, 6.07) is 0.680. The van der Waals surface area contributed by atoms with Crippen molar-refractivity contribution < 1.29 is 9.84 Å². The van der Waals surface area contributed by atoms with Crippen LogP contribution in [0.4, 0.5) is 0 Å². The quantitative estimate of drug-likeness (QED) is 0.701. The third kappa shape index (κ3) is 4.09. The number of ether oxygens (including phenoxy) is 1. The maximum absolute atomic E-state index is 10.1. The molecule has 1 saturated carbocycles. The molecule has 1 aliphatic carbocycles. The van der Waals surface area contributed by atoms with Crippen LogP contribution in [-0.2, 0) is 4.74 Å². The topological polar surface area (TPSA) is 41.5 Å². The van der Waals surface area contributed by atoms with Crippen molar-refractivity contribution in [3.63, 3.8) is 0 Å². The lowest BCUT2D eigenvalue weighted by atomic mass is 9.97. The van der Waals surface area contributed by atoms with Gasteiger partial charge in [-0.05, 0) is 45.4 Å². The van der Waals surface area contributed by atoms with Gasteiger partial charge in [0.1, 0.15) is 0 Å². The lowest BCUT2D eigenvalue weighted by molar-refractivity contribution is 0.0252. The summed E-state index contributed by atoms with van der Waals surface area (Å²) < 4.78 is 5.55. The zero-order chi connectivity index (χ0) is 10.7. The minimum Gasteiger partial charge on any atom is -0.389 e. The Balaban J connectivity index is 1.61. The summed E-state index contributed by atoms with van der Waals surface area (Å²) in [5, 5.41) is 13.5. The van der Waals surface area contributed by atoms with Crippen molar-refractivity contribution in [1.82, 2.24) is 5.32 Å². The number of rotatable bonds is 6. The van der Waals surface area contributed by atoms with E-state index < -0.39 is 5.60 Å². The van der Waals surface area contributed by atoms with Crippen LogP contribution < -0.4 is 5.32 Å².